The van der Waals surface area contributed by atoms with E-state index >= 15 is 0 Å². The molecule has 0 aliphatic carbocycles. The first kappa shape index (κ1) is 35.5. The minimum absolute atomic E-state index is 0.0272. The summed E-state index contributed by atoms with van der Waals surface area (Å²) in [5, 5.41) is 27.3. The second-order valence-corrected chi connectivity index (χ2v) is 10.4. The van der Waals surface area contributed by atoms with E-state index in [1.54, 1.807) is 6.20 Å². The maximum atomic E-state index is 13.5. The van der Waals surface area contributed by atoms with E-state index in [1.807, 2.05) is 24.3 Å². The highest BCUT2D eigenvalue weighted by Crippen LogP contribution is 2.19. The Kier molecular flexibility index (Phi) is 14.6. The van der Waals surface area contributed by atoms with Gasteiger partial charge in [0.25, 0.3) is 0 Å². The van der Waals surface area contributed by atoms with Crippen LogP contribution in [0.2, 0.25) is 0 Å². The molecule has 1 aromatic heterocycles. The molecular formula is C28H43N9O7. The number of nitrogens with one attached hydrogen (secondary N) is 4. The average molecular weight is 618 g/mol. The van der Waals surface area contributed by atoms with Gasteiger partial charge in [0, 0.05) is 36.5 Å². The van der Waals surface area contributed by atoms with Crippen LogP contribution in [0.5, 0.6) is 0 Å². The first-order valence-corrected chi connectivity index (χ1v) is 14.3. The highest BCUT2D eigenvalue weighted by molar-refractivity contribution is 5.95. The van der Waals surface area contributed by atoms with Crippen molar-refractivity contribution in [2.75, 3.05) is 13.1 Å². The Bertz CT molecular complexity index is 1310. The fourth-order valence-electron chi connectivity index (χ4n) is 4.49. The average Bonchev–Trinajstić information content (AvgIpc) is 3.38. The number of aromatic nitrogens is 1. The lowest BCUT2D eigenvalue weighted by molar-refractivity contribution is -0.142. The van der Waals surface area contributed by atoms with Crippen LogP contribution in [-0.2, 0) is 30.4 Å². The number of para-hydroxylation sites is 1. The number of hydrogen-bond donors (Lipinski definition) is 10. The fraction of sp³-hybridized carbons (Fsp3) is 0.500. The summed E-state index contributed by atoms with van der Waals surface area (Å²) in [5.41, 5.74) is 23.5. The maximum Gasteiger partial charge on any atom is 0.326 e. The van der Waals surface area contributed by atoms with Crippen molar-refractivity contribution in [1.29, 1.82) is 0 Å². The third-order valence-electron chi connectivity index (χ3n) is 6.88. The topological polar surface area (TPSA) is 294 Å². The first-order valence-electron chi connectivity index (χ1n) is 14.3. The lowest BCUT2D eigenvalue weighted by Crippen LogP contribution is -2.57. The highest BCUT2D eigenvalue weighted by atomic mass is 16.4. The number of carbonyl (C=O) groups is 5. The molecule has 0 fully saturated rings. The van der Waals surface area contributed by atoms with Crippen LogP contribution in [0, 0.1) is 0 Å². The molecule has 0 spiro atoms. The molecule has 0 aliphatic heterocycles. The number of nitrogens with zero attached hydrogens (tertiary/aromatic N) is 1. The molecule has 0 saturated heterocycles. The van der Waals surface area contributed by atoms with E-state index in [0.29, 0.717) is 31.4 Å². The summed E-state index contributed by atoms with van der Waals surface area (Å²) in [6.07, 6.45) is 2.62. The smallest absolute Gasteiger partial charge is 0.326 e. The normalized spacial score (nSPS) is 13.7. The quantitative estimate of drug-likeness (QED) is 0.0469. The lowest BCUT2D eigenvalue weighted by Gasteiger charge is -2.25. The number of rotatable bonds is 20. The van der Waals surface area contributed by atoms with Crippen LogP contribution in [-0.4, -0.2) is 88.1 Å². The standard InChI is InChI=1S/C28H43N9O7/c29-12-4-3-9-21(27(43)44)36-26(42)22(14-16-15-34-19-8-2-1-6-17(16)19)37-25(41)20(10-11-23(38)39)35-24(40)18(30)7-5-13-33-28(31)32/h1-2,6,8,15,18,20-22,34H,3-5,7,9-14,29-30H2,(H,35,40)(H,36,42)(H,37,41)(H,38,39)(H,43,44)(H4,31,32,33). The van der Waals surface area contributed by atoms with Crippen molar-refractivity contribution in [2.24, 2.45) is 27.9 Å². The van der Waals surface area contributed by atoms with Crippen molar-refractivity contribution in [3.63, 3.8) is 0 Å². The van der Waals surface area contributed by atoms with Crippen LogP contribution in [0.1, 0.15) is 50.5 Å². The summed E-state index contributed by atoms with van der Waals surface area (Å²) in [4.78, 5) is 69.8. The van der Waals surface area contributed by atoms with Crippen LogP contribution in [0.3, 0.4) is 0 Å². The van der Waals surface area contributed by atoms with Crippen molar-refractivity contribution < 1.29 is 34.2 Å². The molecular weight excluding hydrogens is 574 g/mol. The van der Waals surface area contributed by atoms with Gasteiger partial charge in [-0.05, 0) is 56.7 Å². The Morgan fingerprint density at radius 3 is 2.16 bits per heavy atom. The van der Waals surface area contributed by atoms with E-state index in [9.17, 15) is 34.2 Å². The number of carboxylic acid groups (broad SMARTS) is 2. The van der Waals surface area contributed by atoms with Crippen LogP contribution in [0.4, 0.5) is 0 Å². The Morgan fingerprint density at radius 2 is 1.50 bits per heavy atom. The van der Waals surface area contributed by atoms with Crippen LogP contribution >= 0.6 is 0 Å². The van der Waals surface area contributed by atoms with Gasteiger partial charge >= 0.3 is 11.9 Å². The summed E-state index contributed by atoms with van der Waals surface area (Å²) in [5.74, 6) is -4.85. The maximum absolute atomic E-state index is 13.5. The molecule has 4 unspecified atom stereocenters. The molecule has 4 atom stereocenters. The Labute approximate surface area is 254 Å². The Morgan fingerprint density at radius 1 is 0.841 bits per heavy atom. The zero-order chi connectivity index (χ0) is 32.6. The molecule has 242 valence electrons. The number of guanidine groups is 1. The van der Waals surface area contributed by atoms with Gasteiger partial charge in [0.15, 0.2) is 5.96 Å². The molecule has 16 heteroatoms. The van der Waals surface area contributed by atoms with Crippen LogP contribution in [0.15, 0.2) is 35.5 Å². The van der Waals surface area contributed by atoms with E-state index in [-0.39, 0.29) is 38.2 Å². The zero-order valence-electron chi connectivity index (χ0n) is 24.5. The van der Waals surface area contributed by atoms with E-state index in [1.165, 1.54) is 0 Å². The molecule has 3 amide bonds. The van der Waals surface area contributed by atoms with Crippen molar-refractivity contribution in [3.8, 4) is 0 Å². The Hall–Kier alpha value is -4.70. The van der Waals surface area contributed by atoms with Gasteiger partial charge in [-0.25, -0.2) is 4.79 Å². The fourth-order valence-corrected chi connectivity index (χ4v) is 4.49. The number of aromatic amines is 1. The minimum Gasteiger partial charge on any atom is -0.481 e. The number of hydrogen-bond acceptors (Lipinski definition) is 8. The monoisotopic (exact) mass is 617 g/mol. The van der Waals surface area contributed by atoms with Gasteiger partial charge < -0.3 is 54.1 Å². The molecule has 2 rings (SSSR count). The van der Waals surface area contributed by atoms with Gasteiger partial charge in [0.05, 0.1) is 6.04 Å². The van der Waals surface area contributed by atoms with Gasteiger partial charge in [-0.15, -0.1) is 0 Å². The number of carboxylic acids is 2. The summed E-state index contributed by atoms with van der Waals surface area (Å²) in [6.45, 7) is 0.601. The lowest BCUT2D eigenvalue weighted by atomic mass is 10.0. The largest absolute Gasteiger partial charge is 0.481 e. The van der Waals surface area contributed by atoms with Gasteiger partial charge in [0.2, 0.25) is 17.7 Å². The zero-order valence-corrected chi connectivity index (χ0v) is 24.5. The number of amides is 3. The molecule has 0 radical (unpaired) electrons. The van der Waals surface area contributed by atoms with E-state index in [0.717, 1.165) is 10.9 Å². The molecule has 44 heavy (non-hydrogen) atoms. The number of benzene rings is 1. The van der Waals surface area contributed by atoms with Crippen LogP contribution in [0.25, 0.3) is 10.9 Å². The molecule has 16 nitrogen and oxygen atoms in total. The number of H-pyrrole nitrogens is 1. The number of unbranched alkanes of at least 4 members (excludes halogenated alkanes) is 1. The van der Waals surface area contributed by atoms with Gasteiger partial charge in [-0.3, -0.25) is 24.2 Å². The third kappa shape index (κ3) is 11.9. The Balaban J connectivity index is 2.26. The number of aliphatic imine (C=N–C) groups is 1. The van der Waals surface area contributed by atoms with Crippen molar-refractivity contribution in [1.82, 2.24) is 20.9 Å². The number of aliphatic carboxylic acids is 2. The summed E-state index contributed by atoms with van der Waals surface area (Å²) >= 11 is 0. The molecule has 0 saturated carbocycles. The van der Waals surface area contributed by atoms with Crippen molar-refractivity contribution in [3.05, 3.63) is 36.0 Å². The van der Waals surface area contributed by atoms with Gasteiger partial charge in [0.1, 0.15) is 18.1 Å². The molecule has 1 aromatic carbocycles. The molecule has 2 aromatic rings. The highest BCUT2D eigenvalue weighted by Gasteiger charge is 2.31. The molecule has 0 bridgehead atoms. The summed E-state index contributed by atoms with van der Waals surface area (Å²) < 4.78 is 0. The second-order valence-electron chi connectivity index (χ2n) is 10.4. The van der Waals surface area contributed by atoms with E-state index < -0.39 is 60.2 Å². The molecule has 0 aliphatic rings. The van der Waals surface area contributed by atoms with Crippen molar-refractivity contribution in [2.45, 2.75) is 75.5 Å². The third-order valence-corrected chi connectivity index (χ3v) is 6.88. The van der Waals surface area contributed by atoms with E-state index in [2.05, 4.69) is 25.9 Å². The minimum atomic E-state index is -1.35. The first-order chi connectivity index (χ1) is 20.9. The van der Waals surface area contributed by atoms with E-state index in [4.69, 9.17) is 22.9 Å². The van der Waals surface area contributed by atoms with Crippen molar-refractivity contribution >= 4 is 46.5 Å². The number of fused-ring (bicyclic) bond motifs is 1. The SMILES string of the molecule is NCCCCC(NC(=O)C(Cc1c[nH]c2ccccc12)NC(=O)C(CCC(=O)O)NC(=O)C(N)CCCN=C(N)N)C(=O)O. The number of carbonyl (C=O) groups excluding carboxylic acids is 3. The number of nitrogens with two attached hydrogens (primary N) is 4. The molecule has 14 N–H and O–H groups in total. The second kappa shape index (κ2) is 18.1. The summed E-state index contributed by atoms with van der Waals surface area (Å²) in [6, 6.07) is 2.42. The predicted molar refractivity (Wildman–Crippen MR) is 163 cm³/mol. The predicted octanol–water partition coefficient (Wildman–Crippen LogP) is -1.38. The van der Waals surface area contributed by atoms with Gasteiger partial charge in [-0.1, -0.05) is 18.2 Å². The molecule has 1 heterocycles. The van der Waals surface area contributed by atoms with Gasteiger partial charge in [-0.2, -0.15) is 0 Å². The van der Waals surface area contributed by atoms with Crippen LogP contribution < -0.4 is 38.9 Å². The summed E-state index contributed by atoms with van der Waals surface area (Å²) in [7, 11) is 0.